The molecule has 0 saturated carbocycles. The number of nitrogens with one attached hydrogen (secondary N) is 1. The number of hydrogen-bond donors (Lipinski definition) is 1. The van der Waals surface area contributed by atoms with Crippen molar-refractivity contribution in [2.24, 2.45) is 0 Å². The van der Waals surface area contributed by atoms with Gasteiger partial charge in [0.25, 0.3) is 10.0 Å². The largest absolute Gasteiger partial charge is 0.352 e. The number of amides is 2. The SMILES string of the molecule is CC[C@@H](C(=O)NC(C)C)N(CCc1ccccc1)C(=O)CN(c1ccc(C(C)C)cc1)S(=O)(=O)c1ccc(C)cc1. The molecule has 220 valence electrons. The average molecular weight is 578 g/mol. The molecule has 8 heteroatoms. The van der Waals surface area contributed by atoms with Gasteiger partial charge in [-0.25, -0.2) is 8.42 Å². The zero-order valence-electron chi connectivity index (χ0n) is 25.0. The smallest absolute Gasteiger partial charge is 0.264 e. The summed E-state index contributed by atoms with van der Waals surface area (Å²) in [6.45, 7) is 11.5. The maximum Gasteiger partial charge on any atom is 0.264 e. The summed E-state index contributed by atoms with van der Waals surface area (Å²) in [6.07, 6.45) is 0.929. The molecule has 0 heterocycles. The van der Waals surface area contributed by atoms with Crippen LogP contribution in [0, 0.1) is 6.92 Å². The molecule has 0 unspecified atom stereocenters. The summed E-state index contributed by atoms with van der Waals surface area (Å²) in [5.41, 5.74) is 3.42. The van der Waals surface area contributed by atoms with Crippen molar-refractivity contribution in [3.8, 4) is 0 Å². The summed E-state index contributed by atoms with van der Waals surface area (Å²) in [4.78, 5) is 28.9. The number of carbonyl (C=O) groups is 2. The van der Waals surface area contributed by atoms with Gasteiger partial charge in [-0.15, -0.1) is 0 Å². The fourth-order valence-corrected chi connectivity index (χ4v) is 6.08. The van der Waals surface area contributed by atoms with E-state index in [1.807, 2.05) is 70.2 Å². The Hall–Kier alpha value is -3.65. The Morgan fingerprint density at radius 3 is 2.00 bits per heavy atom. The number of anilines is 1. The first-order valence-electron chi connectivity index (χ1n) is 14.3. The molecule has 41 heavy (non-hydrogen) atoms. The second kappa shape index (κ2) is 14.3. The maximum absolute atomic E-state index is 14.1. The topological polar surface area (TPSA) is 86.8 Å². The van der Waals surface area contributed by atoms with E-state index in [2.05, 4.69) is 19.2 Å². The molecule has 0 fully saturated rings. The van der Waals surface area contributed by atoms with Crippen LogP contribution in [0.15, 0.2) is 83.8 Å². The van der Waals surface area contributed by atoms with Gasteiger partial charge < -0.3 is 10.2 Å². The lowest BCUT2D eigenvalue weighted by Gasteiger charge is -2.33. The Kier molecular flexibility index (Phi) is 11.1. The Labute approximate surface area is 245 Å². The van der Waals surface area contributed by atoms with E-state index in [0.717, 1.165) is 21.0 Å². The van der Waals surface area contributed by atoms with E-state index in [4.69, 9.17) is 0 Å². The van der Waals surface area contributed by atoms with Gasteiger partial charge in [-0.1, -0.05) is 80.9 Å². The van der Waals surface area contributed by atoms with Crippen LogP contribution in [0.2, 0.25) is 0 Å². The highest BCUT2D eigenvalue weighted by atomic mass is 32.2. The summed E-state index contributed by atoms with van der Waals surface area (Å²) in [6, 6.07) is 22.8. The monoisotopic (exact) mass is 577 g/mol. The van der Waals surface area contributed by atoms with E-state index in [0.29, 0.717) is 18.5 Å². The van der Waals surface area contributed by atoms with Crippen LogP contribution >= 0.6 is 0 Å². The van der Waals surface area contributed by atoms with E-state index in [1.165, 1.54) is 4.90 Å². The summed E-state index contributed by atoms with van der Waals surface area (Å²) in [5, 5.41) is 2.93. The molecule has 0 saturated heterocycles. The van der Waals surface area contributed by atoms with E-state index in [9.17, 15) is 18.0 Å². The Morgan fingerprint density at radius 2 is 1.46 bits per heavy atom. The van der Waals surface area contributed by atoms with Crippen molar-refractivity contribution in [3.05, 3.63) is 95.6 Å². The molecule has 0 aliphatic carbocycles. The first-order valence-corrected chi connectivity index (χ1v) is 15.7. The van der Waals surface area contributed by atoms with Crippen LogP contribution in [0.4, 0.5) is 5.69 Å². The molecule has 3 aromatic rings. The van der Waals surface area contributed by atoms with Gasteiger partial charge in [-0.05, 0) is 74.9 Å². The van der Waals surface area contributed by atoms with E-state index >= 15 is 0 Å². The lowest BCUT2D eigenvalue weighted by atomic mass is 10.0. The van der Waals surface area contributed by atoms with Gasteiger partial charge in [0.1, 0.15) is 12.6 Å². The van der Waals surface area contributed by atoms with Gasteiger partial charge in [0.05, 0.1) is 10.6 Å². The molecule has 2 amide bonds. The van der Waals surface area contributed by atoms with Crippen LogP contribution in [0.5, 0.6) is 0 Å². The maximum atomic E-state index is 14.1. The van der Waals surface area contributed by atoms with Crippen molar-refractivity contribution in [2.45, 2.75) is 77.3 Å². The van der Waals surface area contributed by atoms with Crippen molar-refractivity contribution in [3.63, 3.8) is 0 Å². The normalized spacial score (nSPS) is 12.3. The van der Waals surface area contributed by atoms with Crippen LogP contribution in [-0.4, -0.2) is 50.3 Å². The quantitative estimate of drug-likeness (QED) is 0.283. The number of rotatable bonds is 13. The Balaban J connectivity index is 2.03. The summed E-state index contributed by atoms with van der Waals surface area (Å²) in [7, 11) is -4.09. The fraction of sp³-hybridized carbons (Fsp3) is 0.394. The molecule has 0 aliphatic rings. The number of carbonyl (C=O) groups excluding carboxylic acids is 2. The van der Waals surface area contributed by atoms with Crippen LogP contribution in [0.3, 0.4) is 0 Å². The van der Waals surface area contributed by atoms with Gasteiger partial charge in [0, 0.05) is 12.6 Å². The predicted molar refractivity (Wildman–Crippen MR) is 165 cm³/mol. The molecule has 0 bridgehead atoms. The highest BCUT2D eigenvalue weighted by molar-refractivity contribution is 7.92. The van der Waals surface area contributed by atoms with E-state index < -0.39 is 28.5 Å². The Morgan fingerprint density at radius 1 is 0.854 bits per heavy atom. The molecule has 3 rings (SSSR count). The molecular formula is C33H43N3O4S. The first-order chi connectivity index (χ1) is 19.4. The van der Waals surface area contributed by atoms with E-state index in [-0.39, 0.29) is 29.3 Å². The lowest BCUT2D eigenvalue weighted by molar-refractivity contribution is -0.139. The molecule has 3 aromatic carbocycles. The number of benzene rings is 3. The number of hydrogen-bond acceptors (Lipinski definition) is 4. The van der Waals surface area contributed by atoms with Gasteiger partial charge >= 0.3 is 0 Å². The third-order valence-electron chi connectivity index (χ3n) is 7.04. The zero-order chi connectivity index (χ0) is 30.2. The molecule has 0 spiro atoms. The highest BCUT2D eigenvalue weighted by Gasteiger charge is 2.33. The number of sulfonamides is 1. The lowest BCUT2D eigenvalue weighted by Crippen LogP contribution is -2.54. The van der Waals surface area contributed by atoms with E-state index in [1.54, 1.807) is 36.4 Å². The fourth-order valence-electron chi connectivity index (χ4n) is 4.67. The highest BCUT2D eigenvalue weighted by Crippen LogP contribution is 2.27. The third-order valence-corrected chi connectivity index (χ3v) is 8.82. The van der Waals surface area contributed by atoms with Crippen molar-refractivity contribution in [2.75, 3.05) is 17.4 Å². The van der Waals surface area contributed by atoms with Crippen LogP contribution in [0.1, 0.15) is 63.6 Å². The number of nitrogens with zero attached hydrogens (tertiary/aromatic N) is 2. The molecule has 0 aromatic heterocycles. The van der Waals surface area contributed by atoms with Crippen LogP contribution < -0.4 is 9.62 Å². The molecule has 1 N–H and O–H groups in total. The minimum atomic E-state index is -4.09. The van der Waals surface area contributed by atoms with Gasteiger partial charge in [0.2, 0.25) is 11.8 Å². The van der Waals surface area contributed by atoms with Crippen molar-refractivity contribution >= 4 is 27.5 Å². The third kappa shape index (κ3) is 8.43. The van der Waals surface area contributed by atoms with Crippen molar-refractivity contribution in [1.82, 2.24) is 10.2 Å². The van der Waals surface area contributed by atoms with Crippen LogP contribution in [-0.2, 0) is 26.0 Å². The molecule has 0 aliphatic heterocycles. The zero-order valence-corrected chi connectivity index (χ0v) is 25.8. The summed E-state index contributed by atoms with van der Waals surface area (Å²) >= 11 is 0. The van der Waals surface area contributed by atoms with Gasteiger partial charge in [-0.3, -0.25) is 13.9 Å². The average Bonchev–Trinajstić information content (AvgIpc) is 2.94. The summed E-state index contributed by atoms with van der Waals surface area (Å²) < 4.78 is 29.1. The predicted octanol–water partition coefficient (Wildman–Crippen LogP) is 5.69. The minimum absolute atomic E-state index is 0.0967. The van der Waals surface area contributed by atoms with Gasteiger partial charge in [0.15, 0.2) is 0 Å². The van der Waals surface area contributed by atoms with Crippen molar-refractivity contribution < 1.29 is 18.0 Å². The number of aryl methyl sites for hydroxylation is 1. The summed E-state index contributed by atoms with van der Waals surface area (Å²) in [5.74, 6) is -0.417. The molecule has 1 atom stereocenters. The minimum Gasteiger partial charge on any atom is -0.352 e. The molecule has 0 radical (unpaired) electrons. The van der Waals surface area contributed by atoms with Gasteiger partial charge in [-0.2, -0.15) is 0 Å². The standard InChI is InChI=1S/C33H43N3O4S/c1-7-31(33(38)34-25(4)5)35(22-21-27-11-9-8-10-12-27)32(37)23-36(29-17-15-28(16-18-29)24(2)3)41(39,40)30-19-13-26(6)14-20-30/h8-20,24-25,31H,7,21-23H2,1-6H3,(H,34,38)/t31-/m0/s1. The molecule has 7 nitrogen and oxygen atoms in total. The first kappa shape index (κ1) is 31.9. The Bertz CT molecular complexity index is 1390. The molecular weight excluding hydrogens is 534 g/mol. The van der Waals surface area contributed by atoms with Crippen LogP contribution in [0.25, 0.3) is 0 Å². The second-order valence-corrected chi connectivity index (χ2v) is 12.8. The second-order valence-electron chi connectivity index (χ2n) is 11.0. The van der Waals surface area contributed by atoms with Crippen molar-refractivity contribution in [1.29, 1.82) is 0 Å².